The number of aromatic nitrogens is 1. The van der Waals surface area contributed by atoms with E-state index in [2.05, 4.69) is 15.0 Å². The van der Waals surface area contributed by atoms with Gasteiger partial charge in [-0.1, -0.05) is 0 Å². The Hall–Kier alpha value is -1.77. The maximum atomic E-state index is 12.6. The molecule has 1 aromatic carbocycles. The number of rotatable bonds is 4. The lowest BCUT2D eigenvalue weighted by atomic mass is 10.0. The van der Waals surface area contributed by atoms with Gasteiger partial charge in [-0.3, -0.25) is 10.1 Å². The van der Waals surface area contributed by atoms with Crippen molar-refractivity contribution in [3.05, 3.63) is 39.4 Å². The number of benzene rings is 1. The molecule has 0 fully saturated rings. The molecule has 1 aliphatic rings. The Morgan fingerprint density at radius 1 is 1.20 bits per heavy atom. The van der Waals surface area contributed by atoms with Gasteiger partial charge in [0.15, 0.2) is 5.13 Å². The second kappa shape index (κ2) is 6.86. The van der Waals surface area contributed by atoms with Crippen molar-refractivity contribution in [2.24, 2.45) is 0 Å². The second-order valence-corrected chi connectivity index (χ2v) is 9.11. The molecule has 6 nitrogen and oxygen atoms in total. The first-order chi connectivity index (χ1) is 11.8. The highest BCUT2D eigenvalue weighted by molar-refractivity contribution is 7.89. The summed E-state index contributed by atoms with van der Waals surface area (Å²) in [5.41, 5.74) is 2.77. The zero-order valence-corrected chi connectivity index (χ0v) is 16.1. The number of fused-ring (bicyclic) bond motifs is 1. The molecule has 2 N–H and O–H groups in total. The Balaban J connectivity index is 1.91. The van der Waals surface area contributed by atoms with Gasteiger partial charge in [0.25, 0.3) is 5.91 Å². The van der Waals surface area contributed by atoms with Gasteiger partial charge in [0.2, 0.25) is 10.0 Å². The molecule has 0 bridgehead atoms. The molecule has 2 aromatic rings. The summed E-state index contributed by atoms with van der Waals surface area (Å²) in [6.07, 6.45) is 4.25. The number of sulfonamides is 1. The van der Waals surface area contributed by atoms with Crippen molar-refractivity contribution in [3.8, 4) is 0 Å². The number of nitrogens with one attached hydrogen (secondary N) is 2. The Morgan fingerprint density at radius 3 is 2.60 bits per heavy atom. The summed E-state index contributed by atoms with van der Waals surface area (Å²) < 4.78 is 26.7. The van der Waals surface area contributed by atoms with Crippen molar-refractivity contribution in [2.45, 2.75) is 44.4 Å². The fourth-order valence-corrected chi connectivity index (χ4v) is 5.03. The van der Waals surface area contributed by atoms with Gasteiger partial charge in [0.1, 0.15) is 0 Å². The number of anilines is 1. The predicted molar refractivity (Wildman–Crippen MR) is 98.9 cm³/mol. The zero-order valence-electron chi connectivity index (χ0n) is 14.5. The van der Waals surface area contributed by atoms with Gasteiger partial charge < -0.3 is 0 Å². The van der Waals surface area contributed by atoms with E-state index in [-0.39, 0.29) is 10.8 Å². The minimum absolute atomic E-state index is 0.124. The second-order valence-electron chi connectivity index (χ2n) is 6.17. The molecule has 3 rings (SSSR count). The summed E-state index contributed by atoms with van der Waals surface area (Å²) in [5, 5.41) is 3.39. The van der Waals surface area contributed by atoms with Crippen LogP contribution in [0, 0.1) is 13.8 Å². The summed E-state index contributed by atoms with van der Waals surface area (Å²) >= 11 is 1.51. The third-order valence-electron chi connectivity index (χ3n) is 4.51. The number of nitrogens with zero attached hydrogens (tertiary/aromatic N) is 1. The van der Waals surface area contributed by atoms with Crippen molar-refractivity contribution in [1.82, 2.24) is 9.71 Å². The highest BCUT2D eigenvalue weighted by Crippen LogP contribution is 2.30. The standard InChI is InChI=1S/C17H21N3O3S2/c1-10-8-12(9-15(11(10)2)25(22,23)18-3)16(21)20-17-19-13-6-4-5-7-14(13)24-17/h8-9,18H,4-7H2,1-3H3,(H,19,20,21). The van der Waals surface area contributed by atoms with Crippen LogP contribution in [0.4, 0.5) is 5.13 Å². The van der Waals surface area contributed by atoms with E-state index in [1.54, 1.807) is 19.9 Å². The van der Waals surface area contributed by atoms with Crippen molar-refractivity contribution in [3.63, 3.8) is 0 Å². The Labute approximate surface area is 151 Å². The van der Waals surface area contributed by atoms with Crippen molar-refractivity contribution in [1.29, 1.82) is 0 Å². The molecule has 0 saturated heterocycles. The van der Waals surface area contributed by atoms with E-state index in [1.165, 1.54) is 29.3 Å². The van der Waals surface area contributed by atoms with Gasteiger partial charge in [-0.05, 0) is 69.8 Å². The molecule has 0 saturated carbocycles. The number of carbonyl (C=O) groups is 1. The average molecular weight is 380 g/mol. The maximum Gasteiger partial charge on any atom is 0.257 e. The molecule has 1 aliphatic carbocycles. The minimum Gasteiger partial charge on any atom is -0.298 e. The molecule has 1 aromatic heterocycles. The van der Waals surface area contributed by atoms with Gasteiger partial charge in [0, 0.05) is 10.4 Å². The number of carbonyl (C=O) groups excluding carboxylic acids is 1. The van der Waals surface area contributed by atoms with E-state index in [0.29, 0.717) is 16.3 Å². The molecule has 1 heterocycles. The van der Waals surface area contributed by atoms with E-state index in [9.17, 15) is 13.2 Å². The van der Waals surface area contributed by atoms with Gasteiger partial charge in [-0.15, -0.1) is 11.3 Å². The third-order valence-corrected chi connectivity index (χ3v) is 7.12. The van der Waals surface area contributed by atoms with E-state index in [1.807, 2.05) is 0 Å². The molecule has 25 heavy (non-hydrogen) atoms. The van der Waals surface area contributed by atoms with Crippen molar-refractivity contribution < 1.29 is 13.2 Å². The summed E-state index contributed by atoms with van der Waals surface area (Å²) in [6, 6.07) is 3.11. The summed E-state index contributed by atoms with van der Waals surface area (Å²) in [4.78, 5) is 18.5. The molecule has 0 aliphatic heterocycles. The SMILES string of the molecule is CNS(=O)(=O)c1cc(C(=O)Nc2nc3c(s2)CCCC3)cc(C)c1C. The van der Waals surface area contributed by atoms with Crippen LogP contribution in [0.1, 0.15) is 44.9 Å². The van der Waals surface area contributed by atoms with E-state index >= 15 is 0 Å². The molecular formula is C17H21N3O3S2. The Morgan fingerprint density at radius 2 is 1.92 bits per heavy atom. The lowest BCUT2D eigenvalue weighted by Crippen LogP contribution is -2.21. The molecule has 8 heteroatoms. The van der Waals surface area contributed by atoms with Crippen molar-refractivity contribution in [2.75, 3.05) is 12.4 Å². The maximum absolute atomic E-state index is 12.6. The quantitative estimate of drug-likeness (QED) is 0.855. The Bertz CT molecular complexity index is 909. The van der Waals surface area contributed by atoms with E-state index in [4.69, 9.17) is 0 Å². The lowest BCUT2D eigenvalue weighted by molar-refractivity contribution is 0.102. The van der Waals surface area contributed by atoms with Crippen LogP contribution in [-0.4, -0.2) is 26.4 Å². The largest absolute Gasteiger partial charge is 0.298 e. The fraction of sp³-hybridized carbons (Fsp3) is 0.412. The summed E-state index contributed by atoms with van der Waals surface area (Å²) in [5.74, 6) is -0.346. The topological polar surface area (TPSA) is 88.2 Å². The first kappa shape index (κ1) is 18.0. The highest BCUT2D eigenvalue weighted by Gasteiger charge is 2.21. The van der Waals surface area contributed by atoms with Gasteiger partial charge >= 0.3 is 0 Å². The molecule has 0 spiro atoms. The van der Waals surface area contributed by atoms with Crippen LogP contribution in [-0.2, 0) is 22.9 Å². The van der Waals surface area contributed by atoms with E-state index in [0.717, 1.165) is 36.9 Å². The van der Waals surface area contributed by atoms with Crippen LogP contribution in [0.25, 0.3) is 0 Å². The van der Waals surface area contributed by atoms with Gasteiger partial charge in [0.05, 0.1) is 10.6 Å². The number of hydrogen-bond donors (Lipinski definition) is 2. The van der Waals surface area contributed by atoms with Crippen LogP contribution in [0.2, 0.25) is 0 Å². The predicted octanol–water partition coefficient (Wildman–Crippen LogP) is 2.80. The van der Waals surface area contributed by atoms with Crippen molar-refractivity contribution >= 4 is 32.4 Å². The monoisotopic (exact) mass is 379 g/mol. The highest BCUT2D eigenvalue weighted by atomic mass is 32.2. The van der Waals surface area contributed by atoms with Crippen LogP contribution in [0.3, 0.4) is 0 Å². The van der Waals surface area contributed by atoms with Crippen LogP contribution < -0.4 is 10.0 Å². The van der Waals surface area contributed by atoms with Crippen LogP contribution >= 0.6 is 11.3 Å². The first-order valence-electron chi connectivity index (χ1n) is 8.16. The summed E-state index contributed by atoms with van der Waals surface area (Å²) in [6.45, 7) is 3.53. The average Bonchev–Trinajstić information content (AvgIpc) is 2.99. The third kappa shape index (κ3) is 3.61. The molecule has 1 amide bonds. The number of hydrogen-bond acceptors (Lipinski definition) is 5. The fourth-order valence-electron chi connectivity index (χ4n) is 2.92. The molecular weight excluding hydrogens is 358 g/mol. The molecule has 0 unspecified atom stereocenters. The number of thiazole rings is 1. The van der Waals surface area contributed by atoms with E-state index < -0.39 is 10.0 Å². The lowest BCUT2D eigenvalue weighted by Gasteiger charge is -2.12. The van der Waals surface area contributed by atoms with Gasteiger partial charge in [-0.25, -0.2) is 18.1 Å². The molecule has 134 valence electrons. The minimum atomic E-state index is -3.63. The normalized spacial score (nSPS) is 14.2. The number of aryl methyl sites for hydroxylation is 3. The van der Waals surface area contributed by atoms with Crippen LogP contribution in [0.15, 0.2) is 17.0 Å². The van der Waals surface area contributed by atoms with Crippen LogP contribution in [0.5, 0.6) is 0 Å². The first-order valence-corrected chi connectivity index (χ1v) is 10.5. The molecule has 0 atom stereocenters. The van der Waals surface area contributed by atoms with Gasteiger partial charge in [-0.2, -0.15) is 0 Å². The molecule has 0 radical (unpaired) electrons. The zero-order chi connectivity index (χ0) is 18.2. The number of amides is 1. The summed E-state index contributed by atoms with van der Waals surface area (Å²) in [7, 11) is -2.27. The Kier molecular flexibility index (Phi) is 4.95. The smallest absolute Gasteiger partial charge is 0.257 e.